The Morgan fingerprint density at radius 2 is 2.04 bits per heavy atom. The van der Waals surface area contributed by atoms with E-state index in [9.17, 15) is 14.7 Å². The average Bonchev–Trinajstić information content (AvgIpc) is 3.19. The monoisotopic (exact) mass is 324 g/mol. The summed E-state index contributed by atoms with van der Waals surface area (Å²) in [4.78, 5) is 31.1. The molecule has 0 saturated carbocycles. The van der Waals surface area contributed by atoms with Crippen LogP contribution in [0.25, 0.3) is 10.9 Å². The zero-order valence-corrected chi connectivity index (χ0v) is 13.7. The molecule has 1 N–H and O–H groups in total. The van der Waals surface area contributed by atoms with E-state index in [2.05, 4.69) is 0 Å². The van der Waals surface area contributed by atoms with E-state index >= 15 is 0 Å². The van der Waals surface area contributed by atoms with Crippen molar-refractivity contribution >= 4 is 22.8 Å². The van der Waals surface area contributed by atoms with Gasteiger partial charge in [-0.1, -0.05) is 18.2 Å². The number of hydrogen-bond donors (Lipinski definition) is 1. The van der Waals surface area contributed by atoms with E-state index in [-0.39, 0.29) is 12.5 Å². The lowest BCUT2D eigenvalue weighted by Gasteiger charge is -2.22. The predicted octanol–water partition coefficient (Wildman–Crippen LogP) is 2.66. The Bertz CT molecular complexity index is 861. The average molecular weight is 324 g/mol. The molecular weight excluding hydrogens is 304 g/mol. The van der Waals surface area contributed by atoms with Crippen LogP contribution in [0, 0.1) is 5.41 Å². The fraction of sp³-hybridized carbons (Fsp3) is 0.421. The number of fused-ring (bicyclic) bond motifs is 2. The van der Waals surface area contributed by atoms with Crippen molar-refractivity contribution in [1.29, 1.82) is 0 Å². The quantitative estimate of drug-likeness (QED) is 0.922. The zero-order chi connectivity index (χ0) is 16.9. The van der Waals surface area contributed by atoms with Gasteiger partial charge >= 0.3 is 5.97 Å². The Labute approximate surface area is 140 Å². The Hall–Kier alpha value is -2.43. The number of aromatic nitrogens is 1. The second-order valence-electron chi connectivity index (χ2n) is 7.13. The van der Waals surface area contributed by atoms with Crippen molar-refractivity contribution in [3.05, 3.63) is 41.1 Å². The lowest BCUT2D eigenvalue weighted by molar-refractivity contribution is -0.147. The number of carbonyl (C=O) groups excluding carboxylic acids is 1. The smallest absolute Gasteiger partial charge is 0.311 e. The van der Waals surface area contributed by atoms with Crippen molar-refractivity contribution in [2.45, 2.75) is 32.6 Å². The highest BCUT2D eigenvalue weighted by molar-refractivity contribution is 6.08. The van der Waals surface area contributed by atoms with Crippen molar-refractivity contribution in [3.63, 3.8) is 0 Å². The predicted molar refractivity (Wildman–Crippen MR) is 90.0 cm³/mol. The van der Waals surface area contributed by atoms with E-state index in [0.29, 0.717) is 13.0 Å². The number of hydrogen-bond acceptors (Lipinski definition) is 3. The summed E-state index contributed by atoms with van der Waals surface area (Å²) in [6.45, 7) is 2.48. The van der Waals surface area contributed by atoms with Crippen LogP contribution in [0.2, 0.25) is 0 Å². The summed E-state index contributed by atoms with van der Waals surface area (Å²) in [5, 5.41) is 10.3. The van der Waals surface area contributed by atoms with Gasteiger partial charge in [-0.3, -0.25) is 14.6 Å². The molecule has 24 heavy (non-hydrogen) atoms. The molecule has 1 unspecified atom stereocenters. The number of amides is 1. The normalized spacial score (nSPS) is 22.8. The number of aliphatic carboxylic acids is 1. The fourth-order valence-electron chi connectivity index (χ4n) is 3.92. The minimum absolute atomic E-state index is 0.0447. The van der Waals surface area contributed by atoms with Crippen LogP contribution in [0.4, 0.5) is 0 Å². The van der Waals surface area contributed by atoms with Gasteiger partial charge < -0.3 is 10.0 Å². The fourth-order valence-corrected chi connectivity index (χ4v) is 3.92. The number of carbonyl (C=O) groups is 2. The number of carboxylic acid groups (broad SMARTS) is 1. The van der Waals surface area contributed by atoms with Crippen LogP contribution < -0.4 is 0 Å². The molecule has 2 heterocycles. The highest BCUT2D eigenvalue weighted by Crippen LogP contribution is 2.35. The Morgan fingerprint density at radius 1 is 1.25 bits per heavy atom. The summed E-state index contributed by atoms with van der Waals surface area (Å²) in [7, 11) is 0. The first-order valence-electron chi connectivity index (χ1n) is 8.43. The third kappa shape index (κ3) is 2.19. The number of para-hydroxylation sites is 1. The first kappa shape index (κ1) is 15.1. The molecule has 2 aromatic rings. The number of rotatable bonds is 2. The number of pyridine rings is 1. The molecule has 4 rings (SSSR count). The summed E-state index contributed by atoms with van der Waals surface area (Å²) in [6, 6.07) is 7.74. The van der Waals surface area contributed by atoms with E-state index in [1.54, 1.807) is 11.8 Å². The molecule has 5 nitrogen and oxygen atoms in total. The van der Waals surface area contributed by atoms with Gasteiger partial charge in [-0.25, -0.2) is 0 Å². The van der Waals surface area contributed by atoms with Gasteiger partial charge in [0.15, 0.2) is 0 Å². The summed E-state index contributed by atoms with van der Waals surface area (Å²) >= 11 is 0. The number of benzene rings is 1. The van der Waals surface area contributed by atoms with Gasteiger partial charge in [0.2, 0.25) is 0 Å². The SMILES string of the molecule is CC1(C(=O)O)CCN(C(=O)c2c3c(nc4ccccc24)CCC3)C1. The van der Waals surface area contributed by atoms with Gasteiger partial charge in [-0.15, -0.1) is 0 Å². The minimum Gasteiger partial charge on any atom is -0.481 e. The molecule has 5 heteroatoms. The maximum Gasteiger partial charge on any atom is 0.311 e. The van der Waals surface area contributed by atoms with Crippen LogP contribution in [0.1, 0.15) is 41.4 Å². The van der Waals surface area contributed by atoms with E-state index in [1.807, 2.05) is 24.3 Å². The van der Waals surface area contributed by atoms with Crippen molar-refractivity contribution < 1.29 is 14.7 Å². The first-order valence-corrected chi connectivity index (χ1v) is 8.43. The summed E-state index contributed by atoms with van der Waals surface area (Å²) in [5.41, 5.74) is 2.83. The van der Waals surface area contributed by atoms with Gasteiger partial charge in [0.1, 0.15) is 0 Å². The maximum absolute atomic E-state index is 13.2. The first-order chi connectivity index (χ1) is 11.5. The molecule has 1 aromatic carbocycles. The van der Waals surface area contributed by atoms with Crippen LogP contribution in [-0.4, -0.2) is 40.0 Å². The van der Waals surface area contributed by atoms with Gasteiger partial charge in [-0.2, -0.15) is 0 Å². The third-order valence-electron chi connectivity index (χ3n) is 5.41. The second kappa shape index (κ2) is 5.30. The lowest BCUT2D eigenvalue weighted by atomic mass is 9.90. The molecule has 1 fully saturated rings. The minimum atomic E-state index is -0.846. The van der Waals surface area contributed by atoms with Gasteiger partial charge in [0.05, 0.1) is 16.5 Å². The highest BCUT2D eigenvalue weighted by atomic mass is 16.4. The van der Waals surface area contributed by atoms with Crippen molar-refractivity contribution in [2.24, 2.45) is 5.41 Å². The molecule has 1 atom stereocenters. The molecular formula is C19H20N2O3. The van der Waals surface area contributed by atoms with Crippen molar-refractivity contribution in [1.82, 2.24) is 9.88 Å². The van der Waals surface area contributed by atoms with E-state index in [1.165, 1.54) is 0 Å². The molecule has 1 saturated heterocycles. The standard InChI is InChI=1S/C19H20N2O3/c1-19(18(23)24)9-10-21(11-19)17(22)16-12-5-2-3-7-14(12)20-15-8-4-6-13(15)16/h2-3,5,7H,4,6,8-11H2,1H3,(H,23,24). The highest BCUT2D eigenvalue weighted by Gasteiger charge is 2.43. The van der Waals surface area contributed by atoms with Crippen LogP contribution in [-0.2, 0) is 17.6 Å². The zero-order valence-electron chi connectivity index (χ0n) is 13.7. The van der Waals surface area contributed by atoms with E-state index < -0.39 is 11.4 Å². The van der Waals surface area contributed by atoms with E-state index in [0.717, 1.165) is 47.0 Å². The molecule has 1 aromatic heterocycles. The molecule has 1 aliphatic heterocycles. The Balaban J connectivity index is 1.80. The third-order valence-corrected chi connectivity index (χ3v) is 5.41. The van der Waals surface area contributed by atoms with Crippen LogP contribution in [0.15, 0.2) is 24.3 Å². The summed E-state index contributed by atoms with van der Waals surface area (Å²) in [6.07, 6.45) is 3.30. The lowest BCUT2D eigenvalue weighted by Crippen LogP contribution is -2.35. The molecule has 1 amide bonds. The molecule has 2 aliphatic rings. The maximum atomic E-state index is 13.2. The van der Waals surface area contributed by atoms with Crippen LogP contribution in [0.3, 0.4) is 0 Å². The second-order valence-corrected chi connectivity index (χ2v) is 7.13. The Morgan fingerprint density at radius 3 is 2.79 bits per heavy atom. The van der Waals surface area contributed by atoms with Crippen molar-refractivity contribution in [2.75, 3.05) is 13.1 Å². The molecule has 124 valence electrons. The molecule has 0 bridgehead atoms. The largest absolute Gasteiger partial charge is 0.481 e. The topological polar surface area (TPSA) is 70.5 Å². The number of likely N-dealkylation sites (tertiary alicyclic amines) is 1. The molecule has 0 spiro atoms. The van der Waals surface area contributed by atoms with Gasteiger partial charge in [-0.05, 0) is 44.2 Å². The molecule has 1 aliphatic carbocycles. The Kier molecular flexibility index (Phi) is 3.34. The summed E-state index contributed by atoms with van der Waals surface area (Å²) < 4.78 is 0. The summed E-state index contributed by atoms with van der Waals surface area (Å²) in [5.74, 6) is -0.876. The van der Waals surface area contributed by atoms with Crippen molar-refractivity contribution in [3.8, 4) is 0 Å². The van der Waals surface area contributed by atoms with E-state index in [4.69, 9.17) is 4.98 Å². The van der Waals surface area contributed by atoms with Crippen LogP contribution in [0.5, 0.6) is 0 Å². The van der Waals surface area contributed by atoms with Gasteiger partial charge in [0, 0.05) is 24.2 Å². The van der Waals surface area contributed by atoms with Crippen LogP contribution >= 0.6 is 0 Å². The van der Waals surface area contributed by atoms with Gasteiger partial charge in [0.25, 0.3) is 5.91 Å². The number of carboxylic acids is 1. The molecule has 0 radical (unpaired) electrons. The number of aryl methyl sites for hydroxylation is 1. The number of nitrogens with zero attached hydrogens (tertiary/aromatic N) is 2.